The minimum Gasteiger partial charge on any atom is -0.465 e. The molecule has 2 rings (SSSR count). The Hall–Kier alpha value is -2.94. The monoisotopic (exact) mass is 409 g/mol. The Morgan fingerprint density at radius 3 is 2.54 bits per heavy atom. The van der Waals surface area contributed by atoms with Crippen molar-refractivity contribution in [3.05, 3.63) is 59.7 Å². The number of anilines is 1. The SMILES string of the molecule is COC(=O)c1ccccc1NC(=O)COC(=O)CCSc1ccc(F)c(F)c1. The summed E-state index contributed by atoms with van der Waals surface area (Å²) in [7, 11) is 1.22. The minimum atomic E-state index is -0.962. The highest BCUT2D eigenvalue weighted by Crippen LogP contribution is 2.21. The molecular formula is C19H17F2NO5S. The van der Waals surface area contributed by atoms with Gasteiger partial charge in [0.05, 0.1) is 24.8 Å². The Balaban J connectivity index is 1.76. The molecule has 6 nitrogen and oxygen atoms in total. The van der Waals surface area contributed by atoms with Gasteiger partial charge >= 0.3 is 11.9 Å². The number of methoxy groups -OCH3 is 1. The lowest BCUT2D eigenvalue weighted by Crippen LogP contribution is -2.22. The second-order valence-corrected chi connectivity index (χ2v) is 6.59. The van der Waals surface area contributed by atoms with E-state index in [1.54, 1.807) is 12.1 Å². The second kappa shape index (κ2) is 10.4. The summed E-state index contributed by atoms with van der Waals surface area (Å²) < 4.78 is 35.4. The van der Waals surface area contributed by atoms with E-state index in [2.05, 4.69) is 10.1 Å². The van der Waals surface area contributed by atoms with Crippen molar-refractivity contribution in [1.82, 2.24) is 0 Å². The van der Waals surface area contributed by atoms with E-state index < -0.39 is 36.1 Å². The van der Waals surface area contributed by atoms with E-state index in [1.807, 2.05) is 0 Å². The van der Waals surface area contributed by atoms with Gasteiger partial charge < -0.3 is 14.8 Å². The van der Waals surface area contributed by atoms with Crippen LogP contribution in [0.3, 0.4) is 0 Å². The first-order valence-electron chi connectivity index (χ1n) is 8.11. The van der Waals surface area contributed by atoms with Gasteiger partial charge in [0.25, 0.3) is 5.91 Å². The number of hydrogen-bond acceptors (Lipinski definition) is 6. The maximum atomic E-state index is 13.1. The van der Waals surface area contributed by atoms with Crippen LogP contribution >= 0.6 is 11.8 Å². The highest BCUT2D eigenvalue weighted by molar-refractivity contribution is 7.99. The summed E-state index contributed by atoms with van der Waals surface area (Å²) in [5.74, 6) is -3.47. The first-order valence-corrected chi connectivity index (χ1v) is 9.10. The fourth-order valence-corrected chi connectivity index (χ4v) is 2.96. The van der Waals surface area contributed by atoms with Gasteiger partial charge in [-0.25, -0.2) is 13.6 Å². The third-order valence-corrected chi connectivity index (χ3v) is 4.43. The molecule has 0 aliphatic heterocycles. The maximum Gasteiger partial charge on any atom is 0.339 e. The first-order chi connectivity index (χ1) is 13.4. The lowest BCUT2D eigenvalue weighted by Gasteiger charge is -2.10. The number of ether oxygens (including phenoxy) is 2. The number of halogens is 2. The van der Waals surface area contributed by atoms with E-state index in [9.17, 15) is 23.2 Å². The molecule has 2 aromatic carbocycles. The topological polar surface area (TPSA) is 81.7 Å². The van der Waals surface area contributed by atoms with Crippen LogP contribution in [0.1, 0.15) is 16.8 Å². The van der Waals surface area contributed by atoms with Gasteiger partial charge in [-0.15, -0.1) is 11.8 Å². The summed E-state index contributed by atoms with van der Waals surface area (Å²) in [6, 6.07) is 9.70. The van der Waals surface area contributed by atoms with Crippen LogP contribution in [0.2, 0.25) is 0 Å². The number of esters is 2. The Labute approximate surface area is 164 Å². The third kappa shape index (κ3) is 6.34. The number of hydrogen-bond donors (Lipinski definition) is 1. The molecule has 0 aromatic heterocycles. The van der Waals surface area contributed by atoms with Crippen LogP contribution in [-0.2, 0) is 19.1 Å². The summed E-state index contributed by atoms with van der Waals surface area (Å²) in [6.07, 6.45) is -0.0182. The smallest absolute Gasteiger partial charge is 0.339 e. The quantitative estimate of drug-likeness (QED) is 0.532. The number of para-hydroxylation sites is 1. The fraction of sp³-hybridized carbons (Fsp3) is 0.211. The molecule has 0 saturated heterocycles. The number of rotatable bonds is 8. The van der Waals surface area contributed by atoms with Crippen LogP contribution in [-0.4, -0.2) is 37.3 Å². The standard InChI is InChI=1S/C19H17F2NO5S/c1-26-19(25)13-4-2-3-5-16(13)22-17(23)11-27-18(24)8-9-28-12-6-7-14(20)15(21)10-12/h2-7,10H,8-9,11H2,1H3,(H,22,23). The van der Waals surface area contributed by atoms with E-state index >= 15 is 0 Å². The van der Waals surface area contributed by atoms with Gasteiger partial charge in [-0.2, -0.15) is 0 Å². The van der Waals surface area contributed by atoms with Crippen LogP contribution in [0, 0.1) is 11.6 Å². The van der Waals surface area contributed by atoms with Gasteiger partial charge in [0, 0.05) is 10.6 Å². The van der Waals surface area contributed by atoms with E-state index in [1.165, 1.54) is 25.3 Å². The zero-order valence-corrected chi connectivity index (χ0v) is 15.7. The van der Waals surface area contributed by atoms with Crippen molar-refractivity contribution < 1.29 is 32.6 Å². The highest BCUT2D eigenvalue weighted by Gasteiger charge is 2.14. The molecule has 0 atom stereocenters. The Morgan fingerprint density at radius 1 is 1.07 bits per heavy atom. The molecule has 0 aliphatic carbocycles. The van der Waals surface area contributed by atoms with Gasteiger partial charge in [-0.1, -0.05) is 12.1 Å². The molecule has 0 saturated carbocycles. The van der Waals surface area contributed by atoms with E-state index in [4.69, 9.17) is 4.74 Å². The van der Waals surface area contributed by atoms with Crippen LogP contribution < -0.4 is 5.32 Å². The normalized spacial score (nSPS) is 10.2. The fourth-order valence-electron chi connectivity index (χ4n) is 2.10. The van der Waals surface area contributed by atoms with Crippen LogP contribution in [0.4, 0.5) is 14.5 Å². The van der Waals surface area contributed by atoms with Crippen molar-refractivity contribution in [2.45, 2.75) is 11.3 Å². The van der Waals surface area contributed by atoms with Crippen LogP contribution in [0.5, 0.6) is 0 Å². The largest absolute Gasteiger partial charge is 0.465 e. The number of nitrogens with one attached hydrogen (secondary N) is 1. The lowest BCUT2D eigenvalue weighted by atomic mass is 10.2. The minimum absolute atomic E-state index is 0.0182. The van der Waals surface area contributed by atoms with Crippen molar-refractivity contribution in [1.29, 1.82) is 0 Å². The molecule has 0 spiro atoms. The molecule has 0 aliphatic rings. The van der Waals surface area contributed by atoms with Gasteiger partial charge in [0.2, 0.25) is 0 Å². The molecule has 0 unspecified atom stereocenters. The maximum absolute atomic E-state index is 13.1. The zero-order chi connectivity index (χ0) is 20.5. The van der Waals surface area contributed by atoms with Gasteiger partial charge in [0.1, 0.15) is 0 Å². The van der Waals surface area contributed by atoms with Gasteiger partial charge in [-0.05, 0) is 30.3 Å². The molecule has 0 heterocycles. The van der Waals surface area contributed by atoms with Crippen molar-refractivity contribution in [3.8, 4) is 0 Å². The zero-order valence-electron chi connectivity index (χ0n) is 14.9. The molecule has 0 fully saturated rings. The number of amides is 1. The van der Waals surface area contributed by atoms with Crippen LogP contribution in [0.15, 0.2) is 47.4 Å². The average Bonchev–Trinajstić information content (AvgIpc) is 2.69. The molecule has 0 bridgehead atoms. The van der Waals surface area contributed by atoms with Crippen molar-refractivity contribution in [3.63, 3.8) is 0 Å². The second-order valence-electron chi connectivity index (χ2n) is 5.42. The molecule has 2 aromatic rings. The molecule has 9 heteroatoms. The molecule has 1 N–H and O–H groups in total. The average molecular weight is 409 g/mol. The Morgan fingerprint density at radius 2 is 1.82 bits per heavy atom. The lowest BCUT2D eigenvalue weighted by molar-refractivity contribution is -0.146. The summed E-state index contributed by atoms with van der Waals surface area (Å²) in [4.78, 5) is 35.8. The summed E-state index contributed by atoms with van der Waals surface area (Å²) in [6.45, 7) is -0.524. The number of carbonyl (C=O) groups excluding carboxylic acids is 3. The van der Waals surface area contributed by atoms with E-state index in [-0.39, 0.29) is 23.4 Å². The van der Waals surface area contributed by atoms with E-state index in [0.717, 1.165) is 23.9 Å². The number of benzene rings is 2. The number of thioether (sulfide) groups is 1. The predicted molar refractivity (Wildman–Crippen MR) is 99.1 cm³/mol. The van der Waals surface area contributed by atoms with Crippen molar-refractivity contribution in [2.75, 3.05) is 24.8 Å². The summed E-state index contributed by atoms with van der Waals surface area (Å²) in [5.41, 5.74) is 0.414. The Kier molecular flexibility index (Phi) is 7.94. The molecule has 0 radical (unpaired) electrons. The van der Waals surface area contributed by atoms with Crippen molar-refractivity contribution >= 4 is 35.3 Å². The van der Waals surface area contributed by atoms with Crippen molar-refractivity contribution in [2.24, 2.45) is 0 Å². The van der Waals surface area contributed by atoms with E-state index in [0.29, 0.717) is 4.90 Å². The summed E-state index contributed by atoms with van der Waals surface area (Å²) in [5, 5.41) is 2.48. The molecular weight excluding hydrogens is 392 g/mol. The third-order valence-electron chi connectivity index (χ3n) is 3.44. The van der Waals surface area contributed by atoms with Gasteiger partial charge in [0.15, 0.2) is 18.2 Å². The molecule has 28 heavy (non-hydrogen) atoms. The Bertz CT molecular complexity index is 875. The molecule has 1 amide bonds. The highest BCUT2D eigenvalue weighted by atomic mass is 32.2. The molecule has 148 valence electrons. The summed E-state index contributed by atoms with van der Waals surface area (Å²) >= 11 is 1.16. The van der Waals surface area contributed by atoms with Crippen LogP contribution in [0.25, 0.3) is 0 Å². The predicted octanol–water partition coefficient (Wildman–Crippen LogP) is 3.42. The van der Waals surface area contributed by atoms with Gasteiger partial charge in [-0.3, -0.25) is 9.59 Å². The first kappa shape index (κ1) is 21.4. The number of carbonyl (C=O) groups is 3.